The summed E-state index contributed by atoms with van der Waals surface area (Å²) in [6.45, 7) is 3.21. The molecule has 1 N–H and O–H groups in total. The third-order valence-electron chi connectivity index (χ3n) is 9.62. The van der Waals surface area contributed by atoms with E-state index in [9.17, 15) is 9.59 Å². The number of nitrogens with zero attached hydrogens (tertiary/aromatic N) is 2. The number of benzene rings is 3. The highest BCUT2D eigenvalue weighted by Crippen LogP contribution is 2.36. The molecule has 268 valence electrons. The van der Waals surface area contributed by atoms with Crippen molar-refractivity contribution in [2.45, 2.75) is 44.1 Å². The smallest absolute Gasteiger partial charge is 0.338 e. The summed E-state index contributed by atoms with van der Waals surface area (Å²) in [5.41, 5.74) is 3.16. The topological polar surface area (TPSA) is 108 Å². The number of fused-ring (bicyclic) bond motifs is 3. The first-order valence-electron chi connectivity index (χ1n) is 16.9. The molecule has 7 rings (SSSR count). The van der Waals surface area contributed by atoms with Crippen LogP contribution in [0.5, 0.6) is 17.2 Å². The van der Waals surface area contributed by atoms with Gasteiger partial charge in [-0.1, -0.05) is 59.6 Å². The molecule has 12 heteroatoms. The molecule has 0 amide bonds. The quantitative estimate of drug-likeness (QED) is 0.136. The van der Waals surface area contributed by atoms with E-state index in [0.717, 1.165) is 38.0 Å². The number of carbonyl (C=O) groups is 2. The lowest BCUT2D eigenvalue weighted by Gasteiger charge is -2.44. The van der Waals surface area contributed by atoms with Crippen molar-refractivity contribution in [1.82, 2.24) is 15.2 Å². The van der Waals surface area contributed by atoms with Gasteiger partial charge in [0.1, 0.15) is 24.0 Å². The van der Waals surface area contributed by atoms with Crippen LogP contribution in [-0.2, 0) is 27.2 Å². The van der Waals surface area contributed by atoms with Crippen LogP contribution in [0.3, 0.4) is 0 Å². The molecule has 0 aliphatic carbocycles. The predicted octanol–water partition coefficient (Wildman–Crippen LogP) is 7.02. The summed E-state index contributed by atoms with van der Waals surface area (Å²) in [5.74, 6) is 1.12. The molecule has 3 fully saturated rings. The second kappa shape index (κ2) is 16.8. The minimum atomic E-state index is -0.764. The van der Waals surface area contributed by atoms with Gasteiger partial charge in [0, 0.05) is 37.5 Å². The summed E-state index contributed by atoms with van der Waals surface area (Å²) in [7, 11) is 4.67. The van der Waals surface area contributed by atoms with Gasteiger partial charge in [-0.15, -0.1) is 0 Å². The van der Waals surface area contributed by atoms with Gasteiger partial charge < -0.3 is 23.7 Å². The second-order valence-corrected chi connectivity index (χ2v) is 13.5. The number of rotatable bonds is 14. The van der Waals surface area contributed by atoms with Crippen LogP contribution in [0, 0.1) is 5.92 Å². The zero-order valence-electron chi connectivity index (χ0n) is 28.8. The fourth-order valence-electron chi connectivity index (χ4n) is 6.76. The van der Waals surface area contributed by atoms with E-state index in [1.165, 1.54) is 19.5 Å². The molecule has 10 nitrogen and oxygen atoms in total. The predicted molar refractivity (Wildman–Crippen MR) is 194 cm³/mol. The molecule has 51 heavy (non-hydrogen) atoms. The number of methoxy groups -OCH3 is 3. The number of piperidine rings is 3. The fraction of sp³-hybridized carbons (Fsp3) is 0.359. The Balaban J connectivity index is 1.17. The van der Waals surface area contributed by atoms with Crippen molar-refractivity contribution in [3.8, 4) is 17.2 Å². The third kappa shape index (κ3) is 8.59. The van der Waals surface area contributed by atoms with Gasteiger partial charge in [0.15, 0.2) is 11.5 Å². The minimum Gasteiger partial charge on any atom is -0.496 e. The Labute approximate surface area is 307 Å². The van der Waals surface area contributed by atoms with Gasteiger partial charge >= 0.3 is 11.9 Å². The van der Waals surface area contributed by atoms with Crippen molar-refractivity contribution in [2.24, 2.45) is 5.92 Å². The Bertz CT molecular complexity index is 1810. The molecular formula is C39H41Cl2N3O7. The monoisotopic (exact) mass is 733 g/mol. The number of nitrogens with one attached hydrogen (secondary N) is 1. The molecule has 4 aromatic rings. The number of halogens is 2. The van der Waals surface area contributed by atoms with Gasteiger partial charge in [-0.3, -0.25) is 15.2 Å². The lowest BCUT2D eigenvalue weighted by Crippen LogP contribution is -2.52. The van der Waals surface area contributed by atoms with Gasteiger partial charge in [-0.05, 0) is 78.9 Å². The Morgan fingerprint density at radius 3 is 2.22 bits per heavy atom. The maximum absolute atomic E-state index is 13.7. The molecular weight excluding hydrogens is 693 g/mol. The molecule has 3 aliphatic heterocycles. The van der Waals surface area contributed by atoms with Crippen LogP contribution >= 0.6 is 23.2 Å². The van der Waals surface area contributed by atoms with Crippen LogP contribution in [0.25, 0.3) is 0 Å². The summed E-state index contributed by atoms with van der Waals surface area (Å²) in [5, 5.41) is 4.11. The molecule has 1 aromatic heterocycles. The minimum absolute atomic E-state index is 0.127. The Morgan fingerprint density at radius 2 is 1.57 bits per heavy atom. The lowest BCUT2D eigenvalue weighted by molar-refractivity contribution is -0.161. The van der Waals surface area contributed by atoms with E-state index in [2.05, 4.69) is 15.2 Å². The van der Waals surface area contributed by atoms with Gasteiger partial charge in [0.25, 0.3) is 0 Å². The Morgan fingerprint density at radius 1 is 0.882 bits per heavy atom. The van der Waals surface area contributed by atoms with E-state index < -0.39 is 18.1 Å². The molecule has 0 saturated carbocycles. The molecule has 1 unspecified atom stereocenters. The second-order valence-electron chi connectivity index (χ2n) is 12.7. The first-order chi connectivity index (χ1) is 24.8. The van der Waals surface area contributed by atoms with E-state index in [-0.39, 0.29) is 18.5 Å². The van der Waals surface area contributed by atoms with Gasteiger partial charge in [-0.2, -0.15) is 0 Å². The van der Waals surface area contributed by atoms with Gasteiger partial charge in [-0.25, -0.2) is 9.59 Å². The summed E-state index contributed by atoms with van der Waals surface area (Å²) >= 11 is 12.9. The summed E-state index contributed by atoms with van der Waals surface area (Å²) in [6, 6.07) is 19.0. The first kappa shape index (κ1) is 36.4. The molecule has 4 heterocycles. The van der Waals surface area contributed by atoms with E-state index >= 15 is 0 Å². The van der Waals surface area contributed by atoms with Crippen LogP contribution in [0.15, 0.2) is 79.1 Å². The molecule has 3 aliphatic rings. The van der Waals surface area contributed by atoms with E-state index in [0.29, 0.717) is 62.0 Å². The van der Waals surface area contributed by atoms with E-state index in [4.69, 9.17) is 46.9 Å². The zero-order valence-corrected chi connectivity index (χ0v) is 30.3. The number of hydrogen-bond acceptors (Lipinski definition) is 10. The highest BCUT2D eigenvalue weighted by Gasteiger charge is 2.38. The van der Waals surface area contributed by atoms with Crippen LogP contribution in [0.4, 0.5) is 0 Å². The number of esters is 2. The number of pyridine rings is 1. The molecule has 0 spiro atoms. The largest absolute Gasteiger partial charge is 0.496 e. The fourth-order valence-corrected chi connectivity index (χ4v) is 7.28. The van der Waals surface area contributed by atoms with Gasteiger partial charge in [0.05, 0.1) is 36.9 Å². The van der Waals surface area contributed by atoms with E-state index in [1.54, 1.807) is 44.6 Å². The van der Waals surface area contributed by atoms with Crippen molar-refractivity contribution in [1.29, 1.82) is 0 Å². The van der Waals surface area contributed by atoms with Crippen molar-refractivity contribution in [3.63, 3.8) is 0 Å². The summed E-state index contributed by atoms with van der Waals surface area (Å²) in [6.07, 6.45) is 4.39. The van der Waals surface area contributed by atoms with Crippen LogP contribution in [-0.4, -0.2) is 68.9 Å². The molecule has 2 bridgehead atoms. The number of para-hydroxylation sites is 1. The number of carbonyl (C=O) groups excluding carboxylic acids is 2. The third-order valence-corrected chi connectivity index (χ3v) is 10.3. The number of aromatic nitrogens is 1. The van der Waals surface area contributed by atoms with Gasteiger partial charge in [0.2, 0.25) is 0 Å². The van der Waals surface area contributed by atoms with Crippen LogP contribution < -0.4 is 19.5 Å². The van der Waals surface area contributed by atoms with Crippen molar-refractivity contribution in [2.75, 3.05) is 41.0 Å². The number of ether oxygens (including phenoxy) is 5. The average molecular weight is 735 g/mol. The summed E-state index contributed by atoms with van der Waals surface area (Å²) in [4.78, 5) is 33.7. The zero-order chi connectivity index (χ0) is 35.9. The summed E-state index contributed by atoms with van der Waals surface area (Å²) < 4.78 is 28.7. The van der Waals surface area contributed by atoms with E-state index in [1.807, 2.05) is 36.4 Å². The normalized spacial score (nSPS) is 19.1. The molecule has 0 radical (unpaired) electrons. The Hall–Kier alpha value is -4.35. The standard InChI is InChI=1S/C39H41Cl2N3O7/c1-47-32-7-5-4-6-28(32)37(39(46)51-36-23-44-16-14-25(36)15-17-44)43-20-24-8-10-26(11-9-24)38(45)50-34(19-29-30(40)21-42-22-31(29)41)27-12-13-33(48-2)35(18-27)49-3/h4-13,18,21-22,25,34,36-37,43H,14-17,19-20,23H2,1-3H3/t34-,36+,37?/m1/s1. The maximum Gasteiger partial charge on any atom is 0.338 e. The van der Waals surface area contributed by atoms with Crippen molar-refractivity contribution < 1.29 is 33.3 Å². The Kier molecular flexibility index (Phi) is 12.0. The molecule has 3 atom stereocenters. The number of hydrogen-bond donors (Lipinski definition) is 1. The van der Waals surface area contributed by atoms with Crippen LogP contribution in [0.1, 0.15) is 57.6 Å². The molecule has 3 aromatic carbocycles. The average Bonchev–Trinajstić information content (AvgIpc) is 3.16. The maximum atomic E-state index is 13.7. The SMILES string of the molecule is COc1ccc([C@@H](Cc2c(Cl)cncc2Cl)OC(=O)c2ccc(CNC(C(=O)O[C@H]3CN4CCC3CC4)c3ccccc3OC)cc2)cc1OC. The van der Waals surface area contributed by atoms with Crippen LogP contribution in [0.2, 0.25) is 10.0 Å². The lowest BCUT2D eigenvalue weighted by atomic mass is 9.86. The highest BCUT2D eigenvalue weighted by atomic mass is 35.5. The first-order valence-corrected chi connectivity index (χ1v) is 17.6. The van der Waals surface area contributed by atoms with Crippen molar-refractivity contribution in [3.05, 3.63) is 117 Å². The highest BCUT2D eigenvalue weighted by molar-refractivity contribution is 6.35. The van der Waals surface area contributed by atoms with Crippen molar-refractivity contribution >= 4 is 35.1 Å². The molecule has 3 saturated heterocycles.